The lowest BCUT2D eigenvalue weighted by molar-refractivity contribution is 0.0760. The standard InChI is InChI=1S/C18H25N5O2/c1-3-23-14-15(11-20-23)13-21-7-4-8-22(10-9-21)18(24)16-5-6-17(25-2)19-12-16/h5-6,11-12,14H,3-4,7-10,13H2,1-2H3. The molecule has 0 spiro atoms. The van der Waals surface area contributed by atoms with Gasteiger partial charge in [-0.1, -0.05) is 0 Å². The lowest BCUT2D eigenvalue weighted by atomic mass is 10.2. The van der Waals surface area contributed by atoms with Crippen LogP contribution in [0.25, 0.3) is 0 Å². The number of carbonyl (C=O) groups excluding carboxylic acids is 1. The maximum Gasteiger partial charge on any atom is 0.255 e. The number of rotatable bonds is 5. The number of pyridine rings is 1. The van der Waals surface area contributed by atoms with E-state index in [0.717, 1.165) is 45.7 Å². The number of aromatic nitrogens is 3. The fraction of sp³-hybridized carbons (Fsp3) is 0.500. The highest BCUT2D eigenvalue weighted by Gasteiger charge is 2.21. The number of hydrogen-bond donors (Lipinski definition) is 0. The first kappa shape index (κ1) is 17.4. The predicted molar refractivity (Wildman–Crippen MR) is 94.5 cm³/mol. The molecule has 1 amide bonds. The van der Waals surface area contributed by atoms with Crippen molar-refractivity contribution in [2.45, 2.75) is 26.4 Å². The number of hydrogen-bond acceptors (Lipinski definition) is 5. The van der Waals surface area contributed by atoms with Crippen molar-refractivity contribution < 1.29 is 9.53 Å². The van der Waals surface area contributed by atoms with Crippen LogP contribution in [0.5, 0.6) is 5.88 Å². The SMILES string of the molecule is CCn1cc(CN2CCCN(C(=O)c3ccc(OC)nc3)CC2)cn1. The molecular weight excluding hydrogens is 318 g/mol. The van der Waals surface area contributed by atoms with E-state index in [2.05, 4.69) is 28.1 Å². The molecule has 7 heteroatoms. The summed E-state index contributed by atoms with van der Waals surface area (Å²) in [4.78, 5) is 21.1. The molecule has 3 heterocycles. The van der Waals surface area contributed by atoms with Crippen molar-refractivity contribution in [1.82, 2.24) is 24.6 Å². The largest absolute Gasteiger partial charge is 0.481 e. The normalized spacial score (nSPS) is 15.8. The molecular formula is C18H25N5O2. The highest BCUT2D eigenvalue weighted by Crippen LogP contribution is 2.13. The van der Waals surface area contributed by atoms with Crippen LogP contribution in [0, 0.1) is 0 Å². The Kier molecular flexibility index (Phi) is 5.65. The summed E-state index contributed by atoms with van der Waals surface area (Å²) in [7, 11) is 1.57. The molecule has 134 valence electrons. The fourth-order valence-electron chi connectivity index (χ4n) is 3.06. The van der Waals surface area contributed by atoms with Gasteiger partial charge < -0.3 is 9.64 Å². The van der Waals surface area contributed by atoms with Crippen LogP contribution in [-0.2, 0) is 13.1 Å². The summed E-state index contributed by atoms with van der Waals surface area (Å²) in [5, 5.41) is 4.33. The Morgan fingerprint density at radius 1 is 1.20 bits per heavy atom. The van der Waals surface area contributed by atoms with Crippen molar-refractivity contribution in [3.8, 4) is 5.88 Å². The summed E-state index contributed by atoms with van der Waals surface area (Å²) in [6, 6.07) is 3.50. The molecule has 3 rings (SSSR count). The molecule has 1 fully saturated rings. The molecule has 7 nitrogen and oxygen atoms in total. The monoisotopic (exact) mass is 343 g/mol. The highest BCUT2D eigenvalue weighted by molar-refractivity contribution is 5.94. The number of nitrogens with zero attached hydrogens (tertiary/aromatic N) is 5. The van der Waals surface area contributed by atoms with Crippen LogP contribution in [0.15, 0.2) is 30.7 Å². The Labute approximate surface area is 148 Å². The van der Waals surface area contributed by atoms with Crippen LogP contribution in [0.4, 0.5) is 0 Å². The van der Waals surface area contributed by atoms with Crippen molar-refractivity contribution in [3.05, 3.63) is 41.9 Å². The lowest BCUT2D eigenvalue weighted by Gasteiger charge is -2.21. The van der Waals surface area contributed by atoms with Crippen molar-refractivity contribution in [3.63, 3.8) is 0 Å². The third-order valence-corrected chi connectivity index (χ3v) is 4.49. The first-order valence-electron chi connectivity index (χ1n) is 8.72. The van der Waals surface area contributed by atoms with Crippen LogP contribution in [0.1, 0.15) is 29.3 Å². The Morgan fingerprint density at radius 3 is 2.76 bits per heavy atom. The Balaban J connectivity index is 1.57. The van der Waals surface area contributed by atoms with Gasteiger partial charge in [-0.05, 0) is 19.4 Å². The third kappa shape index (κ3) is 4.36. The number of methoxy groups -OCH3 is 1. The van der Waals surface area contributed by atoms with Gasteiger partial charge in [0.05, 0.1) is 18.9 Å². The summed E-state index contributed by atoms with van der Waals surface area (Å²) < 4.78 is 6.99. The predicted octanol–water partition coefficient (Wildman–Crippen LogP) is 1.65. The first-order chi connectivity index (χ1) is 12.2. The molecule has 0 aliphatic carbocycles. The van der Waals surface area contributed by atoms with Crippen molar-refractivity contribution in [2.75, 3.05) is 33.3 Å². The Morgan fingerprint density at radius 2 is 2.08 bits per heavy atom. The van der Waals surface area contributed by atoms with Gasteiger partial charge in [-0.2, -0.15) is 5.10 Å². The minimum atomic E-state index is 0.0378. The smallest absolute Gasteiger partial charge is 0.255 e. The molecule has 2 aromatic heterocycles. The number of ether oxygens (including phenoxy) is 1. The molecule has 0 unspecified atom stereocenters. The van der Waals surface area contributed by atoms with Crippen molar-refractivity contribution in [1.29, 1.82) is 0 Å². The van der Waals surface area contributed by atoms with Crippen LogP contribution >= 0.6 is 0 Å². The van der Waals surface area contributed by atoms with Crippen LogP contribution < -0.4 is 4.74 Å². The minimum absolute atomic E-state index is 0.0378. The maximum atomic E-state index is 12.7. The lowest BCUT2D eigenvalue weighted by Crippen LogP contribution is -2.35. The topological polar surface area (TPSA) is 63.5 Å². The van der Waals surface area contributed by atoms with E-state index in [9.17, 15) is 4.79 Å². The quantitative estimate of drug-likeness (QED) is 0.826. The molecule has 0 bridgehead atoms. The van der Waals surface area contributed by atoms with Gasteiger partial charge in [0.15, 0.2) is 0 Å². The zero-order chi connectivity index (χ0) is 17.6. The molecule has 0 atom stereocenters. The molecule has 1 aliphatic heterocycles. The van der Waals surface area contributed by atoms with Gasteiger partial charge in [0.1, 0.15) is 0 Å². The molecule has 0 aromatic carbocycles. The van der Waals surface area contributed by atoms with Crippen molar-refractivity contribution >= 4 is 5.91 Å². The summed E-state index contributed by atoms with van der Waals surface area (Å²) in [6.07, 6.45) is 6.58. The van der Waals surface area contributed by atoms with Gasteiger partial charge in [0.2, 0.25) is 5.88 Å². The van der Waals surface area contributed by atoms with E-state index < -0.39 is 0 Å². The van der Waals surface area contributed by atoms with Gasteiger partial charge >= 0.3 is 0 Å². The first-order valence-corrected chi connectivity index (χ1v) is 8.72. The van der Waals surface area contributed by atoms with Gasteiger partial charge in [-0.3, -0.25) is 14.4 Å². The Bertz CT molecular complexity index is 698. The van der Waals surface area contributed by atoms with E-state index >= 15 is 0 Å². The van der Waals surface area contributed by atoms with Gasteiger partial charge in [-0.15, -0.1) is 0 Å². The number of amides is 1. The van der Waals surface area contributed by atoms with E-state index in [1.807, 2.05) is 15.8 Å². The molecule has 25 heavy (non-hydrogen) atoms. The Hall–Kier alpha value is -2.41. The molecule has 1 aliphatic rings. The van der Waals surface area contributed by atoms with E-state index in [4.69, 9.17) is 4.74 Å². The van der Waals surface area contributed by atoms with E-state index in [0.29, 0.717) is 11.4 Å². The highest BCUT2D eigenvalue weighted by atomic mass is 16.5. The molecule has 0 N–H and O–H groups in total. The fourth-order valence-corrected chi connectivity index (χ4v) is 3.06. The molecule has 2 aromatic rings. The van der Waals surface area contributed by atoms with E-state index in [1.54, 1.807) is 25.4 Å². The van der Waals surface area contributed by atoms with Gasteiger partial charge in [0, 0.05) is 63.3 Å². The summed E-state index contributed by atoms with van der Waals surface area (Å²) in [5.74, 6) is 0.557. The molecule has 0 saturated carbocycles. The van der Waals surface area contributed by atoms with E-state index in [-0.39, 0.29) is 5.91 Å². The zero-order valence-electron chi connectivity index (χ0n) is 14.9. The zero-order valence-corrected chi connectivity index (χ0v) is 14.9. The van der Waals surface area contributed by atoms with Crippen molar-refractivity contribution in [2.24, 2.45) is 0 Å². The van der Waals surface area contributed by atoms with Crippen LogP contribution in [-0.4, -0.2) is 63.8 Å². The number of aryl methyl sites for hydroxylation is 1. The third-order valence-electron chi connectivity index (χ3n) is 4.49. The van der Waals surface area contributed by atoms with Crippen LogP contribution in [0.3, 0.4) is 0 Å². The van der Waals surface area contributed by atoms with Gasteiger partial charge in [0.25, 0.3) is 5.91 Å². The molecule has 0 radical (unpaired) electrons. The maximum absolute atomic E-state index is 12.7. The minimum Gasteiger partial charge on any atom is -0.481 e. The van der Waals surface area contributed by atoms with Gasteiger partial charge in [-0.25, -0.2) is 4.98 Å². The summed E-state index contributed by atoms with van der Waals surface area (Å²) in [5.41, 5.74) is 1.83. The van der Waals surface area contributed by atoms with E-state index in [1.165, 1.54) is 5.56 Å². The summed E-state index contributed by atoms with van der Waals surface area (Å²) in [6.45, 7) is 7.21. The summed E-state index contributed by atoms with van der Waals surface area (Å²) >= 11 is 0. The second-order valence-electron chi connectivity index (χ2n) is 6.22. The van der Waals surface area contributed by atoms with Crippen LogP contribution in [0.2, 0.25) is 0 Å². The molecule has 1 saturated heterocycles. The average molecular weight is 343 g/mol. The second-order valence-corrected chi connectivity index (χ2v) is 6.22. The second kappa shape index (κ2) is 8.11. The number of carbonyl (C=O) groups is 1. The average Bonchev–Trinajstić information content (AvgIpc) is 2.98.